The second-order valence-corrected chi connectivity index (χ2v) is 13.9. The van der Waals surface area contributed by atoms with Crippen LogP contribution >= 0.6 is 11.6 Å². The summed E-state index contributed by atoms with van der Waals surface area (Å²) in [6.07, 6.45) is -5.80. The van der Waals surface area contributed by atoms with Crippen molar-refractivity contribution >= 4 is 46.7 Å². The zero-order valence-electron chi connectivity index (χ0n) is 27.2. The van der Waals surface area contributed by atoms with E-state index in [0.29, 0.717) is 16.4 Å². The number of carbonyl (C=O) groups excluding carboxylic acids is 3. The number of nitrogens with zero attached hydrogens (tertiary/aromatic N) is 5. The first-order chi connectivity index (χ1) is 22.2. The van der Waals surface area contributed by atoms with Crippen molar-refractivity contribution in [3.63, 3.8) is 0 Å². The van der Waals surface area contributed by atoms with E-state index in [1.54, 1.807) is 43.9 Å². The SMILES string of the molecule is Cc1cc(C(F)(F)F)cc(N2C(=O)C[C@@H]3CN(CCN4CCC(NC(=O)OC(C)(C)C)C(F)(F)C4)c4c(Cl)cccc4N(C)C(=O)[C@H]32)n1. The number of fused-ring (bicyclic) bond motifs is 2. The zero-order valence-corrected chi connectivity index (χ0v) is 28.0. The fraction of sp³-hybridized carbons (Fsp3) is 0.562. The molecule has 0 aliphatic carbocycles. The molecule has 0 saturated carbocycles. The van der Waals surface area contributed by atoms with Crippen LogP contribution < -0.4 is 20.0 Å². The van der Waals surface area contributed by atoms with E-state index in [2.05, 4.69) is 10.3 Å². The summed E-state index contributed by atoms with van der Waals surface area (Å²) in [5, 5.41) is 2.59. The quantitative estimate of drug-likeness (QED) is 0.412. The van der Waals surface area contributed by atoms with Gasteiger partial charge in [-0.1, -0.05) is 17.7 Å². The molecule has 3 aliphatic rings. The van der Waals surface area contributed by atoms with Crippen molar-refractivity contribution in [2.24, 2.45) is 5.92 Å². The Balaban J connectivity index is 1.40. The predicted octanol–water partition coefficient (Wildman–Crippen LogP) is 5.50. The Morgan fingerprint density at radius 3 is 2.50 bits per heavy atom. The van der Waals surface area contributed by atoms with Gasteiger partial charge in [0.25, 0.3) is 5.92 Å². The number of rotatable bonds is 5. The number of pyridine rings is 1. The number of piperidine rings is 1. The van der Waals surface area contributed by atoms with E-state index in [9.17, 15) is 27.6 Å². The van der Waals surface area contributed by atoms with Crippen molar-refractivity contribution in [1.29, 1.82) is 0 Å². The highest BCUT2D eigenvalue weighted by Crippen LogP contribution is 2.43. The molecule has 48 heavy (non-hydrogen) atoms. The van der Waals surface area contributed by atoms with E-state index in [1.165, 1.54) is 18.9 Å². The average Bonchev–Trinajstić information content (AvgIpc) is 3.28. The maximum absolute atomic E-state index is 15.2. The number of hydrogen-bond acceptors (Lipinski definition) is 7. The van der Waals surface area contributed by atoms with Gasteiger partial charge in [-0.2, -0.15) is 13.2 Å². The second-order valence-electron chi connectivity index (χ2n) is 13.5. The van der Waals surface area contributed by atoms with Crippen LogP contribution in [0, 0.1) is 12.8 Å². The Morgan fingerprint density at radius 2 is 1.85 bits per heavy atom. The van der Waals surface area contributed by atoms with Crippen LogP contribution in [-0.2, 0) is 20.5 Å². The van der Waals surface area contributed by atoms with Crippen LogP contribution in [0.5, 0.6) is 0 Å². The molecule has 4 heterocycles. The van der Waals surface area contributed by atoms with E-state index in [1.807, 2.05) is 4.90 Å². The van der Waals surface area contributed by atoms with Crippen LogP contribution in [0.25, 0.3) is 0 Å². The zero-order chi connectivity index (χ0) is 35.3. The van der Waals surface area contributed by atoms with E-state index < -0.39 is 65.7 Å². The van der Waals surface area contributed by atoms with Gasteiger partial charge in [-0.05, 0) is 58.4 Å². The number of nitrogens with one attached hydrogen (secondary N) is 1. The van der Waals surface area contributed by atoms with E-state index in [4.69, 9.17) is 16.3 Å². The van der Waals surface area contributed by atoms with Crippen LogP contribution in [0.15, 0.2) is 30.3 Å². The third kappa shape index (κ3) is 7.46. The summed E-state index contributed by atoms with van der Waals surface area (Å²) in [7, 11) is 1.49. The molecule has 10 nitrogen and oxygen atoms in total. The molecule has 2 fully saturated rings. The minimum absolute atomic E-state index is 0.0294. The van der Waals surface area contributed by atoms with Gasteiger partial charge < -0.3 is 19.9 Å². The van der Waals surface area contributed by atoms with Crippen molar-refractivity contribution in [3.05, 3.63) is 46.6 Å². The average molecular weight is 701 g/mol. The third-order valence-electron chi connectivity index (χ3n) is 8.68. The molecule has 5 rings (SSSR count). The molecule has 262 valence electrons. The lowest BCUT2D eigenvalue weighted by atomic mass is 9.95. The number of ether oxygens (including phenoxy) is 1. The van der Waals surface area contributed by atoms with Crippen LogP contribution in [0.2, 0.25) is 5.02 Å². The number of aromatic nitrogens is 1. The largest absolute Gasteiger partial charge is 0.444 e. The topological polar surface area (TPSA) is 98.3 Å². The molecule has 2 aromatic rings. The summed E-state index contributed by atoms with van der Waals surface area (Å²) in [5.74, 6) is -5.30. The number of alkyl carbamates (subject to hydrolysis) is 1. The molecule has 3 amide bonds. The first-order valence-electron chi connectivity index (χ1n) is 15.5. The van der Waals surface area contributed by atoms with Gasteiger partial charge in [0, 0.05) is 51.3 Å². The molecule has 0 bridgehead atoms. The van der Waals surface area contributed by atoms with E-state index in [-0.39, 0.29) is 50.5 Å². The standard InChI is InChI=1S/C32H38ClF5N6O4/c1-18-13-20(32(36,37)38)15-24(39-18)44-25(45)14-19-16-43(27-21(33)7-6-8-22(27)41(5)28(46)26(19)44)12-11-42-10-9-23(31(34,35)17-42)40-29(47)48-30(2,3)4/h6-8,13,15,19,23,26H,9-12,14,16-17H2,1-5H3,(H,40,47)/t19-,23?,26+/m1/s1. The van der Waals surface area contributed by atoms with E-state index >= 15 is 8.78 Å². The van der Waals surface area contributed by atoms with Crippen LogP contribution in [0.1, 0.15) is 44.9 Å². The van der Waals surface area contributed by atoms with Crippen molar-refractivity contribution in [2.45, 2.75) is 70.3 Å². The number of hydrogen-bond donors (Lipinski definition) is 1. The van der Waals surface area contributed by atoms with Gasteiger partial charge in [-0.15, -0.1) is 0 Å². The van der Waals surface area contributed by atoms with E-state index in [0.717, 1.165) is 17.0 Å². The highest BCUT2D eigenvalue weighted by molar-refractivity contribution is 6.34. The van der Waals surface area contributed by atoms with Crippen LogP contribution in [0.3, 0.4) is 0 Å². The van der Waals surface area contributed by atoms with Crippen molar-refractivity contribution < 1.29 is 41.1 Å². The Kier molecular flexibility index (Phi) is 9.60. The number of likely N-dealkylation sites (N-methyl/N-ethyl adjacent to an activating group) is 1. The Bertz CT molecular complexity index is 1580. The Morgan fingerprint density at radius 1 is 1.15 bits per heavy atom. The smallest absolute Gasteiger partial charge is 0.416 e. The fourth-order valence-electron chi connectivity index (χ4n) is 6.56. The molecule has 1 unspecified atom stereocenters. The van der Waals surface area contributed by atoms with Gasteiger partial charge in [0.15, 0.2) is 0 Å². The lowest BCUT2D eigenvalue weighted by molar-refractivity contribution is -0.137. The molecular formula is C32H38ClF5N6O4. The molecule has 16 heteroatoms. The molecule has 0 spiro atoms. The Hall–Kier alpha value is -3.72. The maximum Gasteiger partial charge on any atom is 0.416 e. The van der Waals surface area contributed by atoms with Gasteiger partial charge in [-0.3, -0.25) is 19.4 Å². The fourth-order valence-corrected chi connectivity index (χ4v) is 6.85. The molecule has 3 aliphatic heterocycles. The molecule has 1 aromatic heterocycles. The summed E-state index contributed by atoms with van der Waals surface area (Å²) in [6.45, 7) is 6.33. The number of alkyl halides is 5. The molecule has 3 atom stereocenters. The van der Waals surface area contributed by atoms with Crippen LogP contribution in [0.4, 0.5) is 43.9 Å². The van der Waals surface area contributed by atoms with Crippen molar-refractivity contribution in [3.8, 4) is 0 Å². The number of aryl methyl sites for hydroxylation is 1. The number of anilines is 3. The molecule has 0 radical (unpaired) electrons. The number of carbonyl (C=O) groups is 3. The minimum atomic E-state index is -4.70. The lowest BCUT2D eigenvalue weighted by Gasteiger charge is -2.41. The predicted molar refractivity (Wildman–Crippen MR) is 170 cm³/mol. The normalized spacial score (nSPS) is 23.4. The number of amides is 3. The monoisotopic (exact) mass is 700 g/mol. The first-order valence-corrected chi connectivity index (χ1v) is 15.9. The molecule has 1 aromatic carbocycles. The van der Waals surface area contributed by atoms with Gasteiger partial charge in [0.1, 0.15) is 17.5 Å². The summed E-state index contributed by atoms with van der Waals surface area (Å²) < 4.78 is 76.7. The highest BCUT2D eigenvalue weighted by atomic mass is 35.5. The summed E-state index contributed by atoms with van der Waals surface area (Å²) in [5.41, 5.74) is -0.938. The van der Waals surface area contributed by atoms with Gasteiger partial charge in [-0.25, -0.2) is 18.6 Å². The summed E-state index contributed by atoms with van der Waals surface area (Å²) in [6, 6.07) is 3.98. The Labute approximate surface area is 280 Å². The molecule has 2 saturated heterocycles. The van der Waals surface area contributed by atoms with Gasteiger partial charge in [0.05, 0.1) is 34.5 Å². The first kappa shape index (κ1) is 35.6. The van der Waals surface area contributed by atoms with Crippen molar-refractivity contribution in [1.82, 2.24) is 15.2 Å². The summed E-state index contributed by atoms with van der Waals surface area (Å²) in [4.78, 5) is 49.6. The van der Waals surface area contributed by atoms with Crippen LogP contribution in [-0.4, -0.2) is 91.2 Å². The summed E-state index contributed by atoms with van der Waals surface area (Å²) >= 11 is 6.67. The minimum Gasteiger partial charge on any atom is -0.444 e. The molecule has 1 N–H and O–H groups in total. The maximum atomic E-state index is 15.2. The number of likely N-dealkylation sites (tertiary alicyclic amines) is 1. The number of benzene rings is 1. The number of halogens is 6. The number of para-hydroxylation sites is 1. The van der Waals surface area contributed by atoms with Crippen molar-refractivity contribution in [2.75, 3.05) is 54.5 Å². The van der Waals surface area contributed by atoms with Gasteiger partial charge >= 0.3 is 12.3 Å². The molecular weight excluding hydrogens is 663 g/mol. The highest BCUT2D eigenvalue weighted by Gasteiger charge is 2.50. The third-order valence-corrected chi connectivity index (χ3v) is 8.99. The van der Waals surface area contributed by atoms with Gasteiger partial charge in [0.2, 0.25) is 11.8 Å². The second kappa shape index (κ2) is 13.0. The lowest BCUT2D eigenvalue weighted by Crippen LogP contribution is -2.59.